The predicted molar refractivity (Wildman–Crippen MR) is 244 cm³/mol. The van der Waals surface area contributed by atoms with Crippen molar-refractivity contribution in [3.8, 4) is 0 Å². The number of hydrogen-bond acceptors (Lipinski definition) is 16. The first-order valence-electron chi connectivity index (χ1n) is 23.5. The van der Waals surface area contributed by atoms with Gasteiger partial charge < -0.3 is 66.9 Å². The second kappa shape index (κ2) is 42.6. The molecule has 0 atom stereocenters. The molecule has 16 nitrogen and oxygen atoms in total. The highest BCUT2D eigenvalue weighted by molar-refractivity contribution is 5.96. The Morgan fingerprint density at radius 2 is 0.821 bits per heavy atom. The Labute approximate surface area is 394 Å². The summed E-state index contributed by atoms with van der Waals surface area (Å²) in [5, 5.41) is 2.86. The van der Waals surface area contributed by atoms with Gasteiger partial charge in [0.05, 0.1) is 162 Å². The average molecular weight is 964 g/mol. The molecule has 2 aromatic carbocycles. The Morgan fingerprint density at radius 1 is 0.448 bits per heavy atom. The summed E-state index contributed by atoms with van der Waals surface area (Å²) in [6.07, 6.45) is 4.21. The van der Waals surface area contributed by atoms with E-state index in [9.17, 15) is 22.8 Å². The first-order chi connectivity index (χ1) is 32.8. The molecule has 0 aromatic heterocycles. The third kappa shape index (κ3) is 35.3. The molecule has 0 saturated heterocycles. The average Bonchev–Trinajstić information content (AvgIpc) is 3.32. The summed E-state index contributed by atoms with van der Waals surface area (Å²) in [4.78, 5) is 24.4. The molecular weight excluding hydrogens is 888 g/mol. The summed E-state index contributed by atoms with van der Waals surface area (Å²) in [5.74, 6) is -0.787. The van der Waals surface area contributed by atoms with Gasteiger partial charge in [-0.05, 0) is 36.8 Å². The van der Waals surface area contributed by atoms with Crippen LogP contribution in [0.4, 0.5) is 24.5 Å². The summed E-state index contributed by atoms with van der Waals surface area (Å²) < 4.78 is 110. The molecule has 384 valence electrons. The van der Waals surface area contributed by atoms with Crippen LogP contribution in [0.15, 0.2) is 48.5 Å². The number of hydrogen-bond donors (Lipinski definition) is 1. The van der Waals surface area contributed by atoms with E-state index in [-0.39, 0.29) is 37.0 Å². The van der Waals surface area contributed by atoms with Crippen molar-refractivity contribution in [2.75, 3.05) is 164 Å². The molecule has 0 aliphatic rings. The van der Waals surface area contributed by atoms with Crippen LogP contribution in [0, 0.1) is 0 Å². The lowest BCUT2D eigenvalue weighted by molar-refractivity contribution is -0.145. The van der Waals surface area contributed by atoms with Crippen molar-refractivity contribution >= 4 is 23.3 Å². The molecule has 0 heterocycles. The SMILES string of the molecule is CCCCCCCCCC(=O)OCCOCCOCCOCCOCCOCCOCCOCCOCCOCCOCCOCCOC(=O)c1ccccc1Nc1cccc(C(F)(F)F)c1. The van der Waals surface area contributed by atoms with E-state index in [1.165, 1.54) is 50.3 Å². The first-order valence-corrected chi connectivity index (χ1v) is 23.5. The van der Waals surface area contributed by atoms with E-state index in [0.717, 1.165) is 25.0 Å². The van der Waals surface area contributed by atoms with Crippen molar-refractivity contribution < 1.29 is 84.3 Å². The van der Waals surface area contributed by atoms with Crippen molar-refractivity contribution in [2.24, 2.45) is 0 Å². The second-order valence-electron chi connectivity index (χ2n) is 14.7. The van der Waals surface area contributed by atoms with Crippen LogP contribution in [0.5, 0.6) is 0 Å². The Balaban J connectivity index is 1.22. The summed E-state index contributed by atoms with van der Waals surface area (Å²) in [6, 6.07) is 11.1. The minimum Gasteiger partial charge on any atom is -0.463 e. The zero-order valence-electron chi connectivity index (χ0n) is 39.5. The third-order valence-corrected chi connectivity index (χ3v) is 9.27. The predicted octanol–water partition coefficient (Wildman–Crippen LogP) is 7.47. The third-order valence-electron chi connectivity index (χ3n) is 9.27. The highest BCUT2D eigenvalue weighted by Crippen LogP contribution is 2.32. The monoisotopic (exact) mass is 964 g/mol. The Bertz CT molecular complexity index is 1480. The van der Waals surface area contributed by atoms with Crippen molar-refractivity contribution in [1.82, 2.24) is 0 Å². The Kier molecular flexibility index (Phi) is 37.9. The molecular formula is C48H76F3NO15. The van der Waals surface area contributed by atoms with Crippen LogP contribution in [-0.2, 0) is 72.6 Å². The number of carbonyl (C=O) groups excluding carboxylic acids is 2. The topological polar surface area (TPSA) is 166 Å². The number of alkyl halides is 3. The maximum atomic E-state index is 13.1. The lowest BCUT2D eigenvalue weighted by Gasteiger charge is -2.13. The zero-order chi connectivity index (χ0) is 48.1. The van der Waals surface area contributed by atoms with Crippen LogP contribution < -0.4 is 5.32 Å². The van der Waals surface area contributed by atoms with E-state index in [2.05, 4.69) is 12.2 Å². The number of unbranched alkanes of at least 4 members (excludes halogenated alkanes) is 6. The molecule has 0 aliphatic heterocycles. The number of nitrogens with one attached hydrogen (secondary N) is 1. The molecule has 2 aromatic rings. The minimum absolute atomic E-state index is 0.00796. The van der Waals surface area contributed by atoms with Gasteiger partial charge in [-0.1, -0.05) is 63.6 Å². The fourth-order valence-electron chi connectivity index (χ4n) is 5.78. The van der Waals surface area contributed by atoms with Gasteiger partial charge in [0.2, 0.25) is 0 Å². The van der Waals surface area contributed by atoms with Crippen LogP contribution in [0.2, 0.25) is 0 Å². The molecule has 0 aliphatic carbocycles. The van der Waals surface area contributed by atoms with Gasteiger partial charge in [0.15, 0.2) is 0 Å². The number of carbonyl (C=O) groups is 2. The molecule has 0 amide bonds. The van der Waals surface area contributed by atoms with E-state index < -0.39 is 17.7 Å². The smallest absolute Gasteiger partial charge is 0.416 e. The normalized spacial score (nSPS) is 11.6. The van der Waals surface area contributed by atoms with Crippen LogP contribution in [0.3, 0.4) is 0 Å². The van der Waals surface area contributed by atoms with E-state index in [1.807, 2.05) is 0 Å². The summed E-state index contributed by atoms with van der Waals surface area (Å²) in [6.45, 7) is 11.6. The van der Waals surface area contributed by atoms with E-state index in [0.29, 0.717) is 151 Å². The van der Waals surface area contributed by atoms with Crippen LogP contribution in [0.1, 0.15) is 74.2 Å². The molecule has 67 heavy (non-hydrogen) atoms. The van der Waals surface area contributed by atoms with Gasteiger partial charge in [-0.3, -0.25) is 4.79 Å². The standard InChI is InChI=1S/C48H76F3NO15/c1-2-3-4-5-6-7-8-16-46(53)66-39-37-64-35-33-62-31-29-60-27-25-58-23-21-56-19-17-55-18-20-57-22-24-59-26-28-61-30-32-63-34-36-65-38-40-67-47(54)44-14-9-10-15-45(44)52-43-13-11-12-42(41-43)48(49,50)51/h9-15,41,52H,2-8,16-40H2,1H3. The zero-order valence-corrected chi connectivity index (χ0v) is 39.5. The number of esters is 2. The quantitative estimate of drug-likeness (QED) is 0.0512. The number of halogens is 3. The molecule has 0 bridgehead atoms. The summed E-state index contributed by atoms with van der Waals surface area (Å²) in [5.41, 5.74) is -0.106. The van der Waals surface area contributed by atoms with Crippen molar-refractivity contribution in [2.45, 2.75) is 64.5 Å². The first kappa shape index (κ1) is 59.7. The largest absolute Gasteiger partial charge is 0.463 e. The molecule has 2 rings (SSSR count). The lowest BCUT2D eigenvalue weighted by Crippen LogP contribution is -2.16. The van der Waals surface area contributed by atoms with Crippen molar-refractivity contribution in [1.29, 1.82) is 0 Å². The maximum Gasteiger partial charge on any atom is 0.416 e. The maximum absolute atomic E-state index is 13.1. The molecule has 0 spiro atoms. The van der Waals surface area contributed by atoms with Gasteiger partial charge in [0, 0.05) is 12.1 Å². The lowest BCUT2D eigenvalue weighted by atomic mass is 10.1. The Hall–Kier alpha value is -3.47. The molecule has 0 saturated carbocycles. The number of ether oxygens (including phenoxy) is 13. The summed E-state index contributed by atoms with van der Waals surface area (Å²) >= 11 is 0. The van der Waals surface area contributed by atoms with Gasteiger partial charge in [-0.25, -0.2) is 4.79 Å². The number of para-hydroxylation sites is 1. The number of benzene rings is 2. The fraction of sp³-hybridized carbons (Fsp3) is 0.708. The fourth-order valence-corrected chi connectivity index (χ4v) is 5.78. The molecule has 19 heteroatoms. The van der Waals surface area contributed by atoms with Crippen molar-refractivity contribution in [3.63, 3.8) is 0 Å². The molecule has 0 fully saturated rings. The van der Waals surface area contributed by atoms with E-state index in [1.54, 1.807) is 18.2 Å². The van der Waals surface area contributed by atoms with Crippen LogP contribution >= 0.6 is 0 Å². The van der Waals surface area contributed by atoms with Gasteiger partial charge in [-0.2, -0.15) is 13.2 Å². The van der Waals surface area contributed by atoms with Gasteiger partial charge >= 0.3 is 18.1 Å². The summed E-state index contributed by atoms with van der Waals surface area (Å²) in [7, 11) is 0. The second-order valence-corrected chi connectivity index (χ2v) is 14.7. The van der Waals surface area contributed by atoms with Crippen molar-refractivity contribution in [3.05, 3.63) is 59.7 Å². The van der Waals surface area contributed by atoms with E-state index in [4.69, 9.17) is 61.6 Å². The molecule has 0 radical (unpaired) electrons. The van der Waals surface area contributed by atoms with Gasteiger partial charge in [-0.15, -0.1) is 0 Å². The molecule has 0 unspecified atom stereocenters. The highest BCUT2D eigenvalue weighted by atomic mass is 19.4. The minimum atomic E-state index is -4.48. The van der Waals surface area contributed by atoms with Crippen LogP contribution in [0.25, 0.3) is 0 Å². The van der Waals surface area contributed by atoms with Gasteiger partial charge in [0.1, 0.15) is 13.2 Å². The molecule has 1 N–H and O–H groups in total. The number of rotatable bonds is 47. The number of anilines is 2. The highest BCUT2D eigenvalue weighted by Gasteiger charge is 2.30. The van der Waals surface area contributed by atoms with Crippen LogP contribution in [-0.4, -0.2) is 171 Å². The van der Waals surface area contributed by atoms with Gasteiger partial charge in [0.25, 0.3) is 0 Å². The van der Waals surface area contributed by atoms with E-state index >= 15 is 0 Å². The Morgan fingerprint density at radius 3 is 1.24 bits per heavy atom.